The van der Waals surface area contributed by atoms with Gasteiger partial charge in [-0.05, 0) is 6.92 Å². The minimum atomic E-state index is -0.411. The highest BCUT2D eigenvalue weighted by molar-refractivity contribution is 5.81. The van der Waals surface area contributed by atoms with Crippen molar-refractivity contribution in [2.24, 2.45) is 0 Å². The Hall–Kier alpha value is -1.09. The minimum absolute atomic E-state index is 0.0827. The third kappa shape index (κ3) is 6.07. The van der Waals surface area contributed by atoms with E-state index in [1.54, 1.807) is 6.92 Å². The van der Waals surface area contributed by atoms with E-state index in [1.807, 2.05) is 0 Å². The van der Waals surface area contributed by atoms with E-state index >= 15 is 0 Å². The number of carbonyl (C=O) groups is 1. The van der Waals surface area contributed by atoms with Gasteiger partial charge in [0, 0.05) is 7.11 Å². The van der Waals surface area contributed by atoms with E-state index in [0.717, 1.165) is 0 Å². The number of carbonyl (C=O) groups excluding carboxylic acids is 1. The zero-order valence-corrected chi connectivity index (χ0v) is 9.12. The summed E-state index contributed by atoms with van der Waals surface area (Å²) in [6.45, 7) is 2.17. The van der Waals surface area contributed by atoms with E-state index in [-0.39, 0.29) is 25.1 Å². The third-order valence-corrected chi connectivity index (χ3v) is 1.83. The maximum Gasteiger partial charge on any atom is 0.237 e. The largest absolute Gasteiger partial charge is 0.395 e. The van der Waals surface area contributed by atoms with Gasteiger partial charge in [0.25, 0.3) is 0 Å². The molecule has 0 aromatic rings. The van der Waals surface area contributed by atoms with Crippen LogP contribution in [0.4, 0.5) is 0 Å². The van der Waals surface area contributed by atoms with Crippen molar-refractivity contribution in [2.45, 2.75) is 19.0 Å². The maximum atomic E-state index is 11.4. The summed E-state index contributed by atoms with van der Waals surface area (Å²) in [6, 6.07) is -0.660. The minimum Gasteiger partial charge on any atom is -0.395 e. The summed E-state index contributed by atoms with van der Waals surface area (Å²) in [4.78, 5) is 11.4. The van der Waals surface area contributed by atoms with Gasteiger partial charge in [-0.15, -0.1) is 6.42 Å². The molecule has 0 aliphatic heterocycles. The number of ether oxygens (including phenoxy) is 1. The lowest BCUT2D eigenvalue weighted by atomic mass is 10.2. The zero-order valence-electron chi connectivity index (χ0n) is 9.12. The summed E-state index contributed by atoms with van der Waals surface area (Å²) in [5.74, 6) is 2.12. The van der Waals surface area contributed by atoms with E-state index in [4.69, 9.17) is 16.3 Å². The number of methoxy groups -OCH3 is 1. The Balaban J connectivity index is 3.93. The molecule has 0 saturated carbocycles. The molecule has 0 spiro atoms. The number of terminal acetylenes is 1. The number of aliphatic hydroxyl groups excluding tert-OH is 1. The van der Waals surface area contributed by atoms with Crippen LogP contribution in [0, 0.1) is 12.3 Å². The normalized spacial score (nSPS) is 14.0. The van der Waals surface area contributed by atoms with Crippen LogP contribution in [0.3, 0.4) is 0 Å². The Kier molecular flexibility index (Phi) is 7.64. The molecule has 2 atom stereocenters. The molecule has 2 unspecified atom stereocenters. The van der Waals surface area contributed by atoms with Gasteiger partial charge < -0.3 is 15.2 Å². The van der Waals surface area contributed by atoms with Crippen molar-refractivity contribution in [2.75, 3.05) is 26.9 Å². The Bertz CT molecular complexity index is 225. The molecular weight excluding hydrogens is 196 g/mol. The van der Waals surface area contributed by atoms with Crippen LogP contribution < -0.4 is 10.6 Å². The number of hydrogen-bond donors (Lipinski definition) is 3. The molecule has 0 saturated heterocycles. The first-order chi connectivity index (χ1) is 7.15. The molecular formula is C10H18N2O3. The Morgan fingerprint density at radius 3 is 2.80 bits per heavy atom. The highest BCUT2D eigenvalue weighted by Crippen LogP contribution is 1.89. The average Bonchev–Trinajstić information content (AvgIpc) is 2.24. The molecule has 0 aliphatic rings. The number of amides is 1. The second kappa shape index (κ2) is 8.24. The van der Waals surface area contributed by atoms with E-state index in [9.17, 15) is 4.79 Å². The van der Waals surface area contributed by atoms with Crippen molar-refractivity contribution in [3.63, 3.8) is 0 Å². The maximum absolute atomic E-state index is 11.4. The molecule has 86 valence electrons. The Morgan fingerprint density at radius 1 is 1.67 bits per heavy atom. The molecule has 3 N–H and O–H groups in total. The molecule has 5 heteroatoms. The number of aliphatic hydroxyl groups is 1. The van der Waals surface area contributed by atoms with Crippen LogP contribution in [-0.2, 0) is 9.53 Å². The van der Waals surface area contributed by atoms with Crippen LogP contribution in [0.5, 0.6) is 0 Å². The summed E-state index contributed by atoms with van der Waals surface area (Å²) >= 11 is 0. The smallest absolute Gasteiger partial charge is 0.237 e. The van der Waals surface area contributed by atoms with Crippen LogP contribution >= 0.6 is 0 Å². The average molecular weight is 214 g/mol. The first kappa shape index (κ1) is 13.9. The van der Waals surface area contributed by atoms with Crippen LogP contribution in [0.2, 0.25) is 0 Å². The lowest BCUT2D eigenvalue weighted by Crippen LogP contribution is -2.49. The van der Waals surface area contributed by atoms with Crippen molar-refractivity contribution in [3.05, 3.63) is 0 Å². The van der Waals surface area contributed by atoms with E-state index in [2.05, 4.69) is 16.6 Å². The first-order valence-corrected chi connectivity index (χ1v) is 4.72. The van der Waals surface area contributed by atoms with Gasteiger partial charge in [0.05, 0.1) is 31.8 Å². The molecule has 0 aromatic carbocycles. The molecule has 1 amide bonds. The van der Waals surface area contributed by atoms with Gasteiger partial charge >= 0.3 is 0 Å². The van der Waals surface area contributed by atoms with Gasteiger partial charge in [0.2, 0.25) is 5.91 Å². The lowest BCUT2D eigenvalue weighted by Gasteiger charge is -2.20. The van der Waals surface area contributed by atoms with Crippen molar-refractivity contribution < 1.29 is 14.6 Å². The van der Waals surface area contributed by atoms with Crippen molar-refractivity contribution in [3.8, 4) is 12.3 Å². The van der Waals surface area contributed by atoms with E-state index in [1.165, 1.54) is 7.11 Å². The molecule has 0 bridgehead atoms. The monoisotopic (exact) mass is 214 g/mol. The molecule has 0 aromatic heterocycles. The van der Waals surface area contributed by atoms with Gasteiger partial charge in [-0.1, -0.05) is 5.92 Å². The fourth-order valence-corrected chi connectivity index (χ4v) is 1.08. The fourth-order valence-electron chi connectivity index (χ4n) is 1.08. The first-order valence-electron chi connectivity index (χ1n) is 4.72. The molecule has 0 fully saturated rings. The van der Waals surface area contributed by atoms with Gasteiger partial charge in [-0.2, -0.15) is 0 Å². The number of rotatable bonds is 7. The van der Waals surface area contributed by atoms with Crippen LogP contribution in [0.1, 0.15) is 6.92 Å². The van der Waals surface area contributed by atoms with Crippen molar-refractivity contribution in [1.82, 2.24) is 10.6 Å². The molecule has 5 nitrogen and oxygen atoms in total. The topological polar surface area (TPSA) is 70.6 Å². The van der Waals surface area contributed by atoms with Crippen LogP contribution in [0.15, 0.2) is 0 Å². The highest BCUT2D eigenvalue weighted by Gasteiger charge is 2.16. The SMILES string of the molecule is C#CCNC(=O)C(C)NC(CO)COC. The van der Waals surface area contributed by atoms with Crippen LogP contribution in [0.25, 0.3) is 0 Å². The predicted octanol–water partition coefficient (Wildman–Crippen LogP) is -1.28. The molecule has 15 heavy (non-hydrogen) atoms. The van der Waals surface area contributed by atoms with E-state index in [0.29, 0.717) is 6.61 Å². The summed E-state index contributed by atoms with van der Waals surface area (Å²) in [5.41, 5.74) is 0. The standard InChI is InChI=1S/C10H18N2O3/c1-4-5-11-10(14)8(2)12-9(6-13)7-15-3/h1,8-9,12-13H,5-7H2,2-3H3,(H,11,14). The second-order valence-corrected chi connectivity index (χ2v) is 3.15. The number of nitrogens with one attached hydrogen (secondary N) is 2. The molecule has 0 rings (SSSR count). The highest BCUT2D eigenvalue weighted by atomic mass is 16.5. The quantitative estimate of drug-likeness (QED) is 0.462. The second-order valence-electron chi connectivity index (χ2n) is 3.15. The summed E-state index contributed by atoms with van der Waals surface area (Å²) in [7, 11) is 1.54. The van der Waals surface area contributed by atoms with Gasteiger partial charge in [0.15, 0.2) is 0 Å². The third-order valence-electron chi connectivity index (χ3n) is 1.83. The van der Waals surface area contributed by atoms with Gasteiger partial charge in [0.1, 0.15) is 0 Å². The van der Waals surface area contributed by atoms with Crippen molar-refractivity contribution >= 4 is 5.91 Å². The van der Waals surface area contributed by atoms with Gasteiger partial charge in [-0.25, -0.2) is 0 Å². The summed E-state index contributed by atoms with van der Waals surface area (Å²) in [6.07, 6.45) is 5.01. The van der Waals surface area contributed by atoms with E-state index < -0.39 is 6.04 Å². The molecule has 0 heterocycles. The van der Waals surface area contributed by atoms with Crippen molar-refractivity contribution in [1.29, 1.82) is 0 Å². The van der Waals surface area contributed by atoms with Gasteiger partial charge in [-0.3, -0.25) is 10.1 Å². The predicted molar refractivity (Wildman–Crippen MR) is 57.2 cm³/mol. The molecule has 0 radical (unpaired) electrons. The van der Waals surface area contributed by atoms with Crippen LogP contribution in [-0.4, -0.2) is 50.0 Å². The fraction of sp³-hybridized carbons (Fsp3) is 0.700. The lowest BCUT2D eigenvalue weighted by molar-refractivity contribution is -0.122. The number of hydrogen-bond acceptors (Lipinski definition) is 4. The Labute approximate surface area is 90.2 Å². The summed E-state index contributed by atoms with van der Waals surface area (Å²) < 4.78 is 4.87. The Morgan fingerprint density at radius 2 is 2.33 bits per heavy atom. The summed E-state index contributed by atoms with van der Waals surface area (Å²) in [5, 5.41) is 14.4. The molecule has 0 aliphatic carbocycles. The zero-order chi connectivity index (χ0) is 11.7.